The van der Waals surface area contributed by atoms with Gasteiger partial charge in [0.2, 0.25) is 0 Å². The molecule has 4 fully saturated rings. The van der Waals surface area contributed by atoms with Crippen LogP contribution < -0.4 is 18.9 Å². The number of benzene rings is 4. The summed E-state index contributed by atoms with van der Waals surface area (Å²) in [6.45, 7) is 21.6. The summed E-state index contributed by atoms with van der Waals surface area (Å²) >= 11 is 7.08. The topological polar surface area (TPSA) is 91.0 Å². The number of esters is 1. The molecule has 0 spiro atoms. The Balaban J connectivity index is 0.815. The van der Waals surface area contributed by atoms with Gasteiger partial charge in [-0.1, -0.05) is 113 Å². The van der Waals surface area contributed by atoms with Gasteiger partial charge in [0.25, 0.3) is 0 Å². The van der Waals surface area contributed by atoms with Crippen molar-refractivity contribution in [3.63, 3.8) is 0 Å². The van der Waals surface area contributed by atoms with Crippen molar-refractivity contribution in [2.45, 2.75) is 150 Å². The molecule has 10 rings (SSSR count). The highest BCUT2D eigenvalue weighted by Crippen LogP contribution is 2.63. The molecule has 0 radical (unpaired) electrons. The van der Waals surface area contributed by atoms with E-state index in [4.69, 9.17) is 41.9 Å². The maximum absolute atomic E-state index is 14.3. The summed E-state index contributed by atoms with van der Waals surface area (Å²) in [5, 5.41) is 11.5. The number of aliphatic hydroxyl groups is 1. The van der Waals surface area contributed by atoms with Crippen LogP contribution in [0, 0.1) is 60.3 Å². The van der Waals surface area contributed by atoms with Gasteiger partial charge in [-0.15, -0.1) is 0 Å². The number of carbonyl (C=O) groups is 1. The third-order valence-electron chi connectivity index (χ3n) is 18.1. The van der Waals surface area contributed by atoms with Crippen molar-refractivity contribution in [1.82, 2.24) is 4.90 Å². The predicted octanol–water partition coefficient (Wildman–Crippen LogP) is 14.3. The Kier molecular flexibility index (Phi) is 15.3. The average molecular weight is 996 g/mol. The summed E-state index contributed by atoms with van der Waals surface area (Å²) in [5.74, 6) is 8.00. The van der Waals surface area contributed by atoms with Crippen LogP contribution in [0.4, 0.5) is 5.69 Å². The van der Waals surface area contributed by atoms with E-state index in [9.17, 15) is 9.90 Å². The largest absolute Gasteiger partial charge is 0.488 e. The third-order valence-corrected chi connectivity index (χ3v) is 18.4. The maximum Gasteiger partial charge on any atom is 0.323 e. The number of allylic oxidation sites excluding steroid dienone is 1. The second kappa shape index (κ2) is 21.8. The summed E-state index contributed by atoms with van der Waals surface area (Å²) in [6, 6.07) is 22.7. The summed E-state index contributed by atoms with van der Waals surface area (Å²) in [6.07, 6.45) is 15.6. The van der Waals surface area contributed by atoms with Crippen molar-refractivity contribution in [3.8, 4) is 34.1 Å². The lowest BCUT2D eigenvalue weighted by Crippen LogP contribution is -2.48. The zero-order chi connectivity index (χ0) is 50.1. The van der Waals surface area contributed by atoms with Gasteiger partial charge in [0, 0.05) is 37.6 Å². The van der Waals surface area contributed by atoms with Crippen LogP contribution in [0.2, 0.25) is 5.02 Å². The summed E-state index contributed by atoms with van der Waals surface area (Å²) in [4.78, 5) is 20.0. The molecule has 10 atom stereocenters. The number of carbonyl (C=O) groups excluding carboxylic acids is 1. The van der Waals surface area contributed by atoms with E-state index in [1.54, 1.807) is 6.07 Å². The van der Waals surface area contributed by atoms with Gasteiger partial charge >= 0.3 is 5.97 Å². The number of nitrogens with zero attached hydrogens (tertiary/aromatic N) is 2. The molecule has 4 aromatic rings. The first-order chi connectivity index (χ1) is 34.8. The van der Waals surface area contributed by atoms with Gasteiger partial charge < -0.3 is 28.8 Å². The highest BCUT2D eigenvalue weighted by molar-refractivity contribution is 6.32. The Morgan fingerprint density at radius 1 is 0.889 bits per heavy atom. The Labute approximate surface area is 433 Å². The molecule has 0 unspecified atom stereocenters. The number of rotatable bonds is 16. The van der Waals surface area contributed by atoms with Crippen molar-refractivity contribution < 1.29 is 33.6 Å². The number of fused-ring (bicyclic) bond motifs is 6. The molecule has 1 N–H and O–H groups in total. The molecule has 9 nitrogen and oxygen atoms in total. The Hall–Kier alpha value is -5.01. The first-order valence-corrected chi connectivity index (χ1v) is 27.6. The molecule has 0 amide bonds. The van der Waals surface area contributed by atoms with Crippen molar-refractivity contribution in [3.05, 3.63) is 123 Å². The van der Waals surface area contributed by atoms with Crippen LogP contribution in [0.5, 0.6) is 23.0 Å². The first kappa shape index (κ1) is 50.5. The monoisotopic (exact) mass is 995 g/mol. The van der Waals surface area contributed by atoms with E-state index in [1.807, 2.05) is 59.5 Å². The zero-order valence-corrected chi connectivity index (χ0v) is 43.9. The molecular formula is C62H75ClN2O7. The molecule has 2 aliphatic heterocycles. The SMILES string of the molecule is [C-]#[N+]c1cccc(COc2cc(OCc3cccc(-c4ccc5c(c4)OCCO5)c3C)c(Cl)cc2CN2C[C@H](O)C[C@@H]2C(=O)O[C@H]2CC[C@@]3(C)C(=CC[C@H]4[C@@H]5CC[C@H]([C@H](C)CCCC(C)C)[C@H]5CC[C@@H]43)C2)c1. The Morgan fingerprint density at radius 2 is 1.69 bits per heavy atom. The lowest BCUT2D eigenvalue weighted by Gasteiger charge is -2.55. The number of aliphatic hydroxyl groups excluding tert-OH is 1. The maximum atomic E-state index is 14.3. The van der Waals surface area contributed by atoms with Gasteiger partial charge in [0.1, 0.15) is 50.1 Å². The van der Waals surface area contributed by atoms with Crippen LogP contribution in [0.25, 0.3) is 16.0 Å². The number of ether oxygens (including phenoxy) is 5. The van der Waals surface area contributed by atoms with E-state index in [0.717, 1.165) is 106 Å². The molecule has 1 saturated heterocycles. The van der Waals surface area contributed by atoms with E-state index >= 15 is 0 Å². The van der Waals surface area contributed by atoms with Crippen molar-refractivity contribution in [2.24, 2.45) is 46.8 Å². The number of likely N-dealkylation sites (tertiary alicyclic amines) is 1. The molecule has 10 heteroatoms. The van der Waals surface area contributed by atoms with E-state index in [0.29, 0.717) is 54.9 Å². The van der Waals surface area contributed by atoms with Crippen molar-refractivity contribution >= 4 is 23.3 Å². The first-order valence-electron chi connectivity index (χ1n) is 27.2. The lowest BCUT2D eigenvalue weighted by molar-refractivity contribution is -0.157. The van der Waals surface area contributed by atoms with Gasteiger partial charge in [-0.3, -0.25) is 9.69 Å². The smallest absolute Gasteiger partial charge is 0.323 e. The summed E-state index contributed by atoms with van der Waals surface area (Å²) in [7, 11) is 0. The lowest BCUT2D eigenvalue weighted by atomic mass is 9.50. The van der Waals surface area contributed by atoms with Crippen molar-refractivity contribution in [1.29, 1.82) is 0 Å². The molecule has 72 heavy (non-hydrogen) atoms. The van der Waals surface area contributed by atoms with Gasteiger partial charge in [0.05, 0.1) is 17.7 Å². The average Bonchev–Trinajstić information content (AvgIpc) is 3.99. The van der Waals surface area contributed by atoms with Gasteiger partial charge in [-0.2, -0.15) is 0 Å². The molecule has 4 aliphatic carbocycles. The molecule has 0 aromatic heterocycles. The number of hydrogen-bond acceptors (Lipinski definition) is 8. The van der Waals surface area contributed by atoms with Crippen LogP contribution in [0.3, 0.4) is 0 Å². The van der Waals surface area contributed by atoms with E-state index < -0.39 is 12.1 Å². The fourth-order valence-corrected chi connectivity index (χ4v) is 14.5. The van der Waals surface area contributed by atoms with E-state index in [1.165, 1.54) is 56.9 Å². The van der Waals surface area contributed by atoms with Crippen LogP contribution in [0.1, 0.15) is 127 Å². The summed E-state index contributed by atoms with van der Waals surface area (Å²) < 4.78 is 31.2. The quantitative estimate of drug-likeness (QED) is 0.0674. The van der Waals surface area contributed by atoms with E-state index in [2.05, 4.69) is 57.7 Å². The zero-order valence-electron chi connectivity index (χ0n) is 43.2. The van der Waals surface area contributed by atoms with Gasteiger partial charge in [-0.05, 0) is 151 Å². The second-order valence-corrected chi connectivity index (χ2v) is 23.3. The highest BCUT2D eigenvalue weighted by atomic mass is 35.5. The highest BCUT2D eigenvalue weighted by Gasteiger charge is 2.55. The number of halogens is 1. The fraction of sp³-hybridized carbons (Fsp3) is 0.548. The molecule has 0 bridgehead atoms. The number of β-amino-alcohol motifs (C(OH)–C–C–N with tert-alkyl or cyclic N) is 1. The van der Waals surface area contributed by atoms with Crippen LogP contribution in [-0.2, 0) is 29.3 Å². The summed E-state index contributed by atoms with van der Waals surface area (Å²) in [5.41, 5.74) is 8.00. The van der Waals surface area contributed by atoms with Crippen LogP contribution in [-0.4, -0.2) is 54.0 Å². The fourth-order valence-electron chi connectivity index (χ4n) is 14.3. The molecule has 3 saturated carbocycles. The standard InChI is InChI=1S/C62H75ClN2O7/c1-38(2)10-7-11-39(3)49-19-20-52-51(49)21-22-54-53(52)18-17-45-31-48(24-25-62(45,54)5)72-61(67)56-32-47(66)35-65(56)34-44-29-55(63)59(33-58(44)70-36-41-12-8-14-46(28-41)64-6)71-37-43-13-9-15-50(40(43)4)42-16-23-57-60(30-42)69-27-26-68-57/h8-9,12-17,23,28-30,33,38-39,47-49,51-54,56,66H,7,10-11,18-22,24-27,31-32,34-37H2,1-5H3/t39-,47-,48+,49-,51-,52-,53+,54+,56-,62+/m1/s1. The minimum atomic E-state index is -0.677. The molecule has 382 valence electrons. The minimum Gasteiger partial charge on any atom is -0.488 e. The molecule has 2 heterocycles. The Bertz CT molecular complexity index is 2680. The van der Waals surface area contributed by atoms with Crippen LogP contribution >= 0.6 is 11.6 Å². The third kappa shape index (κ3) is 10.7. The normalized spacial score (nSPS) is 28.0. The van der Waals surface area contributed by atoms with E-state index in [-0.39, 0.29) is 30.7 Å². The predicted molar refractivity (Wildman–Crippen MR) is 284 cm³/mol. The van der Waals surface area contributed by atoms with Crippen LogP contribution in [0.15, 0.2) is 84.4 Å². The minimum absolute atomic E-state index is 0.172. The molecule has 4 aromatic carbocycles. The second-order valence-electron chi connectivity index (χ2n) is 22.9. The van der Waals surface area contributed by atoms with Gasteiger partial charge in [0.15, 0.2) is 17.2 Å². The van der Waals surface area contributed by atoms with Gasteiger partial charge in [-0.25, -0.2) is 4.85 Å². The molecule has 6 aliphatic rings. The molecular weight excluding hydrogens is 920 g/mol. The Morgan fingerprint density at radius 3 is 2.53 bits per heavy atom. The number of hydrogen-bond donors (Lipinski definition) is 1. The van der Waals surface area contributed by atoms with Crippen molar-refractivity contribution in [2.75, 3.05) is 19.8 Å².